The normalized spacial score (nSPS) is 15.8. The molecule has 6 heteroatoms. The van der Waals surface area contributed by atoms with Crippen molar-refractivity contribution in [2.24, 2.45) is 0 Å². The Morgan fingerprint density at radius 3 is 2.80 bits per heavy atom. The van der Waals surface area contributed by atoms with Crippen molar-refractivity contribution < 1.29 is 0 Å². The van der Waals surface area contributed by atoms with Gasteiger partial charge in [-0.05, 0) is 12.8 Å². The zero-order valence-corrected chi connectivity index (χ0v) is 13.1. The van der Waals surface area contributed by atoms with Crippen LogP contribution in [0.5, 0.6) is 0 Å². The molecule has 0 aliphatic heterocycles. The first-order valence-electron chi connectivity index (χ1n) is 7.08. The lowest BCUT2D eigenvalue weighted by molar-refractivity contribution is 0.577. The molecular formula is C14H21N5S. The SMILES string of the molecule is CC(C)(C)c1nc(Cn2cc(CNC3CC3)nn2)cs1. The molecule has 0 bridgehead atoms. The third kappa shape index (κ3) is 3.43. The maximum Gasteiger partial charge on any atom is 0.0982 e. The quantitative estimate of drug-likeness (QED) is 0.918. The third-order valence-electron chi connectivity index (χ3n) is 3.25. The van der Waals surface area contributed by atoms with E-state index in [2.05, 4.69) is 46.8 Å². The van der Waals surface area contributed by atoms with Crippen LogP contribution in [0.15, 0.2) is 11.6 Å². The van der Waals surface area contributed by atoms with Gasteiger partial charge in [0.25, 0.3) is 0 Å². The lowest BCUT2D eigenvalue weighted by Crippen LogP contribution is -2.15. The van der Waals surface area contributed by atoms with Gasteiger partial charge in [-0.2, -0.15) is 0 Å². The number of nitrogens with one attached hydrogen (secondary N) is 1. The maximum absolute atomic E-state index is 4.68. The van der Waals surface area contributed by atoms with E-state index in [0.29, 0.717) is 12.6 Å². The lowest BCUT2D eigenvalue weighted by atomic mass is 9.98. The summed E-state index contributed by atoms with van der Waals surface area (Å²) in [5, 5.41) is 15.1. The Balaban J connectivity index is 1.60. The first-order chi connectivity index (χ1) is 9.50. The second-order valence-corrected chi connectivity index (χ2v) is 7.31. The maximum atomic E-state index is 4.68. The molecule has 0 spiro atoms. The fourth-order valence-corrected chi connectivity index (χ4v) is 2.82. The Morgan fingerprint density at radius 2 is 2.15 bits per heavy atom. The molecule has 1 aliphatic rings. The summed E-state index contributed by atoms with van der Waals surface area (Å²) in [4.78, 5) is 4.68. The second kappa shape index (κ2) is 5.26. The lowest BCUT2D eigenvalue weighted by Gasteiger charge is -2.13. The standard InChI is InChI=1S/C14H21N5S/c1-14(2,3)13-16-12(9-20-13)8-19-7-11(17-18-19)6-15-10-4-5-10/h7,9-10,15H,4-6,8H2,1-3H3. The van der Waals surface area contributed by atoms with Crippen LogP contribution in [0.25, 0.3) is 0 Å². The van der Waals surface area contributed by atoms with Gasteiger partial charge in [0.1, 0.15) is 0 Å². The van der Waals surface area contributed by atoms with E-state index in [1.807, 2.05) is 10.9 Å². The monoisotopic (exact) mass is 291 g/mol. The van der Waals surface area contributed by atoms with Crippen LogP contribution >= 0.6 is 11.3 Å². The minimum atomic E-state index is 0.116. The minimum Gasteiger partial charge on any atom is -0.308 e. The van der Waals surface area contributed by atoms with Crippen molar-refractivity contribution in [2.45, 2.75) is 58.2 Å². The summed E-state index contributed by atoms with van der Waals surface area (Å²) in [6.45, 7) is 8.07. The summed E-state index contributed by atoms with van der Waals surface area (Å²) >= 11 is 1.72. The van der Waals surface area contributed by atoms with E-state index in [1.54, 1.807) is 11.3 Å². The molecule has 108 valence electrons. The van der Waals surface area contributed by atoms with Gasteiger partial charge < -0.3 is 5.32 Å². The van der Waals surface area contributed by atoms with Gasteiger partial charge in [-0.3, -0.25) is 0 Å². The summed E-state index contributed by atoms with van der Waals surface area (Å²) in [6.07, 6.45) is 4.59. The molecule has 20 heavy (non-hydrogen) atoms. The predicted molar refractivity (Wildman–Crippen MR) is 79.8 cm³/mol. The van der Waals surface area contributed by atoms with Crippen molar-refractivity contribution in [2.75, 3.05) is 0 Å². The van der Waals surface area contributed by atoms with Crippen LogP contribution in [0.1, 0.15) is 50.0 Å². The Kier molecular flexibility index (Phi) is 3.60. The molecule has 0 aromatic carbocycles. The highest BCUT2D eigenvalue weighted by atomic mass is 32.1. The summed E-state index contributed by atoms with van der Waals surface area (Å²) < 4.78 is 1.87. The smallest absolute Gasteiger partial charge is 0.0982 e. The van der Waals surface area contributed by atoms with Crippen molar-refractivity contribution in [1.29, 1.82) is 0 Å². The molecule has 1 N–H and O–H groups in total. The summed E-state index contributed by atoms with van der Waals surface area (Å²) in [5.41, 5.74) is 2.18. The van der Waals surface area contributed by atoms with Crippen molar-refractivity contribution in [1.82, 2.24) is 25.3 Å². The molecule has 2 aromatic heterocycles. The zero-order chi connectivity index (χ0) is 14.2. The van der Waals surface area contributed by atoms with Crippen LogP contribution in [0.3, 0.4) is 0 Å². The average molecular weight is 291 g/mol. The molecule has 1 fully saturated rings. The largest absolute Gasteiger partial charge is 0.308 e. The molecule has 3 rings (SSSR count). The van der Waals surface area contributed by atoms with E-state index in [9.17, 15) is 0 Å². The fraction of sp³-hybridized carbons (Fsp3) is 0.643. The first kappa shape index (κ1) is 13.7. The predicted octanol–water partition coefficient (Wildman–Crippen LogP) is 2.33. The number of hydrogen-bond acceptors (Lipinski definition) is 5. The molecular weight excluding hydrogens is 270 g/mol. The molecule has 0 amide bonds. The molecule has 1 saturated carbocycles. The van der Waals surface area contributed by atoms with Gasteiger partial charge in [0.15, 0.2) is 0 Å². The molecule has 0 radical (unpaired) electrons. The molecule has 0 atom stereocenters. The summed E-state index contributed by atoms with van der Waals surface area (Å²) in [6, 6.07) is 0.702. The average Bonchev–Trinajstić information content (AvgIpc) is 2.89. The Morgan fingerprint density at radius 1 is 1.35 bits per heavy atom. The fourth-order valence-electron chi connectivity index (χ4n) is 1.92. The number of thiazole rings is 1. The molecule has 5 nitrogen and oxygen atoms in total. The minimum absolute atomic E-state index is 0.116. The second-order valence-electron chi connectivity index (χ2n) is 6.46. The summed E-state index contributed by atoms with van der Waals surface area (Å²) in [7, 11) is 0. The Bertz CT molecular complexity index is 576. The van der Waals surface area contributed by atoms with E-state index < -0.39 is 0 Å². The molecule has 2 heterocycles. The van der Waals surface area contributed by atoms with Crippen LogP contribution in [-0.2, 0) is 18.5 Å². The van der Waals surface area contributed by atoms with Crippen LogP contribution in [0, 0.1) is 0 Å². The van der Waals surface area contributed by atoms with E-state index >= 15 is 0 Å². The van der Waals surface area contributed by atoms with Gasteiger partial charge in [0.2, 0.25) is 0 Å². The highest BCUT2D eigenvalue weighted by molar-refractivity contribution is 7.09. The molecule has 0 saturated heterocycles. The van der Waals surface area contributed by atoms with E-state index in [0.717, 1.165) is 17.9 Å². The van der Waals surface area contributed by atoms with E-state index in [1.165, 1.54) is 17.8 Å². The van der Waals surface area contributed by atoms with Gasteiger partial charge in [-0.15, -0.1) is 16.4 Å². The third-order valence-corrected chi connectivity index (χ3v) is 4.57. The Hall–Kier alpha value is -1.27. The number of hydrogen-bond donors (Lipinski definition) is 1. The van der Waals surface area contributed by atoms with Crippen molar-refractivity contribution in [3.8, 4) is 0 Å². The van der Waals surface area contributed by atoms with Gasteiger partial charge in [0, 0.05) is 23.4 Å². The van der Waals surface area contributed by atoms with Crippen LogP contribution in [0.2, 0.25) is 0 Å². The number of aromatic nitrogens is 4. The van der Waals surface area contributed by atoms with Gasteiger partial charge in [0.05, 0.1) is 29.1 Å². The van der Waals surface area contributed by atoms with Gasteiger partial charge >= 0.3 is 0 Å². The van der Waals surface area contributed by atoms with Crippen molar-refractivity contribution >= 4 is 11.3 Å². The van der Waals surface area contributed by atoms with E-state index in [4.69, 9.17) is 0 Å². The molecule has 2 aromatic rings. The highest BCUT2D eigenvalue weighted by Crippen LogP contribution is 2.25. The van der Waals surface area contributed by atoms with Crippen LogP contribution in [0.4, 0.5) is 0 Å². The molecule has 1 aliphatic carbocycles. The number of nitrogens with zero attached hydrogens (tertiary/aromatic N) is 4. The van der Waals surface area contributed by atoms with Gasteiger partial charge in [-0.25, -0.2) is 9.67 Å². The van der Waals surface area contributed by atoms with Crippen LogP contribution < -0.4 is 5.32 Å². The highest BCUT2D eigenvalue weighted by Gasteiger charge is 2.21. The Labute approximate surface area is 123 Å². The van der Waals surface area contributed by atoms with E-state index in [-0.39, 0.29) is 5.41 Å². The van der Waals surface area contributed by atoms with Crippen LogP contribution in [-0.4, -0.2) is 26.0 Å². The van der Waals surface area contributed by atoms with Gasteiger partial charge in [-0.1, -0.05) is 26.0 Å². The number of rotatable bonds is 5. The van der Waals surface area contributed by atoms with Crippen molar-refractivity contribution in [3.05, 3.63) is 28.0 Å². The van der Waals surface area contributed by atoms with Crippen molar-refractivity contribution in [3.63, 3.8) is 0 Å². The zero-order valence-electron chi connectivity index (χ0n) is 12.3. The summed E-state index contributed by atoms with van der Waals surface area (Å²) in [5.74, 6) is 0. The molecule has 0 unspecified atom stereocenters. The first-order valence-corrected chi connectivity index (χ1v) is 7.96. The topological polar surface area (TPSA) is 55.6 Å².